The van der Waals surface area contributed by atoms with Gasteiger partial charge in [0.1, 0.15) is 17.4 Å². The van der Waals surface area contributed by atoms with Gasteiger partial charge >= 0.3 is 23.1 Å². The third kappa shape index (κ3) is 5.33. The zero-order valence-electron chi connectivity index (χ0n) is 9.50. The molecule has 0 radical (unpaired) electrons. The molecule has 0 saturated carbocycles. The van der Waals surface area contributed by atoms with Crippen LogP contribution >= 0.6 is 0 Å². The minimum absolute atomic E-state index is 0. The van der Waals surface area contributed by atoms with E-state index in [0.717, 1.165) is 23.8 Å². The molecule has 0 atom stereocenters. The molecule has 0 heterocycles. The molecule has 2 rings (SSSR count). The molecule has 0 aliphatic rings. The molecule has 0 spiro atoms. The average Bonchev–Trinajstić information content (AvgIpc) is 2.27. The summed E-state index contributed by atoms with van der Waals surface area (Å²) in [5.74, 6) is -1.11. The Kier molecular flexibility index (Phi) is 8.14. The Labute approximate surface area is 131 Å². The molecule has 0 N–H and O–H groups in total. The molecule has 0 aliphatic carbocycles. The summed E-state index contributed by atoms with van der Waals surface area (Å²) < 4.78 is 30.9. The van der Waals surface area contributed by atoms with E-state index in [1.54, 1.807) is 12.1 Å². The molecule has 0 aliphatic heterocycles. The van der Waals surface area contributed by atoms with E-state index >= 15 is 0 Å². The second kappa shape index (κ2) is 8.45. The van der Waals surface area contributed by atoms with Gasteiger partial charge in [-0.05, 0) is 0 Å². The minimum atomic E-state index is -0.644. The molecule has 0 fully saturated rings. The number of rotatable bonds is 3. The van der Waals surface area contributed by atoms with Gasteiger partial charge in [0.2, 0.25) is 0 Å². The number of halogens is 3. The first kappa shape index (κ1) is 17.3. The first-order chi connectivity index (χ1) is 7.74. The molecule has 0 unspecified atom stereocenters. The zero-order valence-corrected chi connectivity index (χ0v) is 12.5. The van der Waals surface area contributed by atoms with Gasteiger partial charge in [-0.1, -0.05) is 0 Å². The van der Waals surface area contributed by atoms with Gasteiger partial charge in [0, 0.05) is 18.2 Å². The van der Waals surface area contributed by atoms with E-state index in [0.29, 0.717) is 0 Å². The summed E-state index contributed by atoms with van der Waals surface area (Å²) in [4.78, 5) is 0. The molecule has 18 heavy (non-hydrogen) atoms. The van der Waals surface area contributed by atoms with Gasteiger partial charge < -0.3 is 21.7 Å². The normalized spacial score (nSPS) is 9.00. The summed E-state index contributed by atoms with van der Waals surface area (Å²) in [6.07, 6.45) is 0. The van der Waals surface area contributed by atoms with Crippen molar-refractivity contribution >= 4 is 23.1 Å². The molecule has 0 saturated heterocycles. The number of benzene rings is 2. The maximum absolute atomic E-state index is 12.8. The van der Waals surface area contributed by atoms with Gasteiger partial charge in [-0.3, -0.25) is 0 Å². The van der Waals surface area contributed by atoms with Gasteiger partial charge in [-0.2, -0.15) is 30.3 Å². The van der Waals surface area contributed by atoms with E-state index in [2.05, 4.69) is 6.07 Å². The molecule has 5 heteroatoms. The van der Waals surface area contributed by atoms with Crippen LogP contribution in [0.25, 0.3) is 0 Å². The number of hydrogen-bond donors (Lipinski definition) is 0. The Morgan fingerprint density at radius 2 is 1.78 bits per heavy atom. The van der Waals surface area contributed by atoms with Crippen molar-refractivity contribution in [3.8, 4) is 5.75 Å². The third-order valence-electron chi connectivity index (χ3n) is 2.01. The molecule has 1 nitrogen and oxygen atoms in total. The van der Waals surface area contributed by atoms with Gasteiger partial charge in [-0.15, -0.1) is 5.56 Å². The maximum atomic E-state index is 12.8. The van der Waals surface area contributed by atoms with Crippen LogP contribution in [0.4, 0.5) is 8.78 Å². The molecular formula is C13H9BrF2MgO. The second-order valence-corrected chi connectivity index (χ2v) is 3.31. The van der Waals surface area contributed by atoms with Crippen LogP contribution in [0.15, 0.2) is 42.5 Å². The van der Waals surface area contributed by atoms with Crippen LogP contribution in [0.3, 0.4) is 0 Å². The maximum Gasteiger partial charge on any atom is 2.00 e. The monoisotopic (exact) mass is 322 g/mol. The first-order valence-electron chi connectivity index (χ1n) is 4.78. The summed E-state index contributed by atoms with van der Waals surface area (Å²) in [5.41, 5.74) is 0.896. The average molecular weight is 323 g/mol. The van der Waals surface area contributed by atoms with E-state index in [4.69, 9.17) is 4.74 Å². The van der Waals surface area contributed by atoms with Crippen molar-refractivity contribution in [2.45, 2.75) is 6.61 Å². The first-order valence-corrected chi connectivity index (χ1v) is 4.78. The van der Waals surface area contributed by atoms with E-state index in [9.17, 15) is 8.78 Å². The molecule has 2 aromatic rings. The molecule has 90 valence electrons. The predicted octanol–water partition coefficient (Wildman–Crippen LogP) is -0.0328. The topological polar surface area (TPSA) is 9.23 Å². The van der Waals surface area contributed by atoms with Crippen molar-refractivity contribution in [3.63, 3.8) is 0 Å². The van der Waals surface area contributed by atoms with Crippen molar-refractivity contribution in [2.75, 3.05) is 0 Å². The van der Waals surface area contributed by atoms with E-state index < -0.39 is 11.6 Å². The molecule has 2 aromatic carbocycles. The fourth-order valence-electron chi connectivity index (χ4n) is 1.30. The van der Waals surface area contributed by atoms with E-state index in [1.807, 2.05) is 12.1 Å². The van der Waals surface area contributed by atoms with Crippen LogP contribution in [-0.4, -0.2) is 23.1 Å². The fraction of sp³-hybridized carbons (Fsp3) is 0.0769. The van der Waals surface area contributed by atoms with Gasteiger partial charge in [-0.25, -0.2) is 8.78 Å². The zero-order chi connectivity index (χ0) is 11.4. The van der Waals surface area contributed by atoms with Crippen LogP contribution in [0.2, 0.25) is 0 Å². The van der Waals surface area contributed by atoms with Crippen LogP contribution < -0.4 is 21.7 Å². The van der Waals surface area contributed by atoms with Crippen LogP contribution in [-0.2, 0) is 6.61 Å². The minimum Gasteiger partial charge on any atom is -1.00 e. The van der Waals surface area contributed by atoms with Crippen LogP contribution in [0.1, 0.15) is 5.56 Å². The van der Waals surface area contributed by atoms with Crippen molar-refractivity contribution in [1.29, 1.82) is 0 Å². The van der Waals surface area contributed by atoms with Crippen LogP contribution in [0.5, 0.6) is 5.75 Å². The quantitative estimate of drug-likeness (QED) is 0.569. The molecule has 0 bridgehead atoms. The van der Waals surface area contributed by atoms with Crippen LogP contribution in [0, 0.1) is 17.7 Å². The van der Waals surface area contributed by atoms with Crippen molar-refractivity contribution in [2.24, 2.45) is 0 Å². The van der Waals surface area contributed by atoms with Gasteiger partial charge in [0.15, 0.2) is 0 Å². The standard InChI is InChI=1S/C13H9F2O.BrH.Mg/c14-11-6-12(15)8-13(7-11)16-9-10-4-2-1-3-5-10;;/h1-2,4-8H,9H2;1H;/q-1;;+2/p-1. The van der Waals surface area contributed by atoms with Crippen molar-refractivity contribution in [1.82, 2.24) is 0 Å². The second-order valence-electron chi connectivity index (χ2n) is 3.31. The van der Waals surface area contributed by atoms with Crippen molar-refractivity contribution in [3.05, 3.63) is 65.7 Å². The summed E-state index contributed by atoms with van der Waals surface area (Å²) >= 11 is 0. The molecular weight excluding hydrogens is 314 g/mol. The Bertz CT molecular complexity index is 459. The summed E-state index contributed by atoms with van der Waals surface area (Å²) in [6.45, 7) is 0.264. The smallest absolute Gasteiger partial charge is 1.00 e. The summed E-state index contributed by atoms with van der Waals surface area (Å²) in [7, 11) is 0. The Morgan fingerprint density at radius 1 is 1.11 bits per heavy atom. The SMILES string of the molecule is Fc1cc(F)cc(OCc2c[c-]ccc2)c1.[Br-].[Mg+2]. The Balaban J connectivity index is 0.00000144. The van der Waals surface area contributed by atoms with Gasteiger partial charge in [0.25, 0.3) is 0 Å². The number of hydrogen-bond acceptors (Lipinski definition) is 1. The third-order valence-corrected chi connectivity index (χ3v) is 2.01. The summed E-state index contributed by atoms with van der Waals surface area (Å²) in [6, 6.07) is 13.2. The molecule has 0 amide bonds. The predicted molar refractivity (Wildman–Crippen MR) is 61.7 cm³/mol. The Hall–Kier alpha value is -0.654. The van der Waals surface area contributed by atoms with E-state index in [-0.39, 0.29) is 52.4 Å². The summed E-state index contributed by atoms with van der Waals surface area (Å²) in [5, 5.41) is 0. The molecule has 0 aromatic heterocycles. The fourth-order valence-corrected chi connectivity index (χ4v) is 1.30. The van der Waals surface area contributed by atoms with E-state index in [1.165, 1.54) is 0 Å². The number of ether oxygens (including phenoxy) is 1. The van der Waals surface area contributed by atoms with Gasteiger partial charge in [0.05, 0.1) is 6.61 Å². The Morgan fingerprint density at radius 3 is 2.33 bits per heavy atom. The van der Waals surface area contributed by atoms with Crippen molar-refractivity contribution < 1.29 is 30.5 Å². The largest absolute Gasteiger partial charge is 2.00 e.